The van der Waals surface area contributed by atoms with Crippen LogP contribution in [0.4, 0.5) is 14.6 Å². The Morgan fingerprint density at radius 3 is 2.38 bits per heavy atom. The van der Waals surface area contributed by atoms with Gasteiger partial charge in [-0.2, -0.15) is 5.26 Å². The van der Waals surface area contributed by atoms with E-state index in [9.17, 15) is 14.0 Å². The fraction of sp³-hybridized carbons (Fsp3) is 0. The van der Waals surface area contributed by atoms with Gasteiger partial charge in [0, 0.05) is 21.2 Å². The Morgan fingerprint density at radius 2 is 1.71 bits per heavy atom. The van der Waals surface area contributed by atoms with Gasteiger partial charge in [-0.1, -0.05) is 15.9 Å². The number of halogens is 3. The number of rotatable bonds is 2. The van der Waals surface area contributed by atoms with E-state index in [0.717, 1.165) is 0 Å². The highest BCUT2D eigenvalue weighted by molar-refractivity contribution is 9.10. The highest BCUT2D eigenvalue weighted by atomic mass is 79.9. The lowest BCUT2D eigenvalue weighted by molar-refractivity contribution is 0.628. The highest BCUT2D eigenvalue weighted by Gasteiger charge is 2.16. The minimum absolute atomic E-state index is 0.00583. The largest absolute Gasteiger partial charge is 0.383 e. The Balaban J connectivity index is 2.27. The van der Waals surface area contributed by atoms with Gasteiger partial charge in [0.1, 0.15) is 29.1 Å². The summed E-state index contributed by atoms with van der Waals surface area (Å²) in [5, 5.41) is 9.36. The van der Waals surface area contributed by atoms with E-state index in [-0.39, 0.29) is 22.8 Å². The van der Waals surface area contributed by atoms with Crippen LogP contribution in [0.1, 0.15) is 5.56 Å². The fourth-order valence-electron chi connectivity index (χ4n) is 2.37. The first-order valence-electron chi connectivity index (χ1n) is 6.91. The van der Waals surface area contributed by atoms with Crippen molar-refractivity contribution < 1.29 is 8.78 Å². The summed E-state index contributed by atoms with van der Waals surface area (Å²) < 4.78 is 28.0. The Bertz CT molecular complexity index is 963. The zero-order valence-corrected chi connectivity index (χ0v) is 13.8. The smallest absolute Gasteiger partial charge is 0.142 e. The van der Waals surface area contributed by atoms with Gasteiger partial charge in [0.05, 0.1) is 5.69 Å². The van der Waals surface area contributed by atoms with Crippen LogP contribution >= 0.6 is 15.9 Å². The molecule has 3 aromatic rings. The van der Waals surface area contributed by atoms with Crippen LogP contribution in [0, 0.1) is 23.0 Å². The van der Waals surface area contributed by atoms with Gasteiger partial charge in [-0.3, -0.25) is 0 Å². The molecule has 1 aromatic heterocycles. The third-order valence-corrected chi connectivity index (χ3v) is 4.01. The minimum atomic E-state index is -0.481. The van der Waals surface area contributed by atoms with Gasteiger partial charge >= 0.3 is 0 Å². The number of aromatic nitrogens is 1. The van der Waals surface area contributed by atoms with Crippen molar-refractivity contribution in [1.29, 1.82) is 5.26 Å². The zero-order valence-electron chi connectivity index (χ0n) is 12.2. The van der Waals surface area contributed by atoms with Gasteiger partial charge in [-0.25, -0.2) is 13.8 Å². The molecule has 3 rings (SSSR count). The molecule has 0 fully saturated rings. The Kier molecular flexibility index (Phi) is 4.28. The van der Waals surface area contributed by atoms with Crippen LogP contribution < -0.4 is 5.73 Å². The van der Waals surface area contributed by atoms with Crippen LogP contribution in [0.3, 0.4) is 0 Å². The Hall–Kier alpha value is -2.78. The van der Waals surface area contributed by atoms with E-state index in [2.05, 4.69) is 20.9 Å². The molecule has 0 unspecified atom stereocenters. The normalized spacial score (nSPS) is 10.4. The summed E-state index contributed by atoms with van der Waals surface area (Å²) in [6, 6.07) is 13.7. The van der Waals surface area contributed by atoms with Crippen LogP contribution in [0.15, 0.2) is 53.0 Å². The minimum Gasteiger partial charge on any atom is -0.383 e. The van der Waals surface area contributed by atoms with Crippen LogP contribution in [0.25, 0.3) is 22.4 Å². The molecule has 0 saturated heterocycles. The van der Waals surface area contributed by atoms with Gasteiger partial charge in [-0.05, 0) is 48.5 Å². The molecule has 1 heterocycles. The lowest BCUT2D eigenvalue weighted by atomic mass is 9.98. The zero-order chi connectivity index (χ0) is 17.3. The van der Waals surface area contributed by atoms with Crippen molar-refractivity contribution in [3.8, 4) is 28.5 Å². The van der Waals surface area contributed by atoms with Crippen LogP contribution in [-0.2, 0) is 0 Å². The number of nitrogens with two attached hydrogens (primary N) is 1. The van der Waals surface area contributed by atoms with Gasteiger partial charge in [-0.15, -0.1) is 0 Å². The van der Waals surface area contributed by atoms with Crippen LogP contribution in [-0.4, -0.2) is 4.98 Å². The summed E-state index contributed by atoms with van der Waals surface area (Å²) in [6.07, 6.45) is 0. The molecule has 0 saturated carbocycles. The second kappa shape index (κ2) is 6.38. The maximum absolute atomic E-state index is 14.2. The molecule has 0 radical (unpaired) electrons. The lowest BCUT2D eigenvalue weighted by Gasteiger charge is -2.11. The Labute approximate surface area is 145 Å². The number of hydrogen-bond acceptors (Lipinski definition) is 3. The quantitative estimate of drug-likeness (QED) is 0.681. The summed E-state index contributed by atoms with van der Waals surface area (Å²) in [6.45, 7) is 0. The fourth-order valence-corrected chi connectivity index (χ4v) is 2.73. The molecule has 0 aliphatic heterocycles. The molecule has 0 atom stereocenters. The molecule has 2 N–H and O–H groups in total. The van der Waals surface area contributed by atoms with Crippen molar-refractivity contribution in [2.75, 3.05) is 5.73 Å². The summed E-state index contributed by atoms with van der Waals surface area (Å²) in [7, 11) is 0. The van der Waals surface area contributed by atoms with E-state index in [1.807, 2.05) is 6.07 Å². The molecule has 0 amide bonds. The van der Waals surface area contributed by atoms with Gasteiger partial charge < -0.3 is 5.73 Å². The molecule has 0 aliphatic carbocycles. The first kappa shape index (κ1) is 16.1. The van der Waals surface area contributed by atoms with Crippen molar-refractivity contribution in [2.45, 2.75) is 0 Å². The second-order valence-electron chi connectivity index (χ2n) is 5.06. The highest BCUT2D eigenvalue weighted by Crippen LogP contribution is 2.34. The molecule has 6 heteroatoms. The number of hydrogen-bond donors (Lipinski definition) is 1. The van der Waals surface area contributed by atoms with Gasteiger partial charge in [0.15, 0.2) is 0 Å². The molecular formula is C18H10BrF2N3. The average molecular weight is 386 g/mol. The summed E-state index contributed by atoms with van der Waals surface area (Å²) >= 11 is 3.29. The summed E-state index contributed by atoms with van der Waals surface area (Å²) in [4.78, 5) is 4.18. The molecule has 2 aromatic carbocycles. The topological polar surface area (TPSA) is 62.7 Å². The molecular weight excluding hydrogens is 376 g/mol. The molecule has 0 aliphatic rings. The number of pyridine rings is 1. The Morgan fingerprint density at radius 1 is 1.00 bits per heavy atom. The predicted molar refractivity (Wildman–Crippen MR) is 91.9 cm³/mol. The van der Waals surface area contributed by atoms with E-state index >= 15 is 0 Å². The summed E-state index contributed by atoms with van der Waals surface area (Å²) in [5.74, 6) is -0.863. The van der Waals surface area contributed by atoms with Crippen molar-refractivity contribution in [3.63, 3.8) is 0 Å². The van der Waals surface area contributed by atoms with Crippen LogP contribution in [0.2, 0.25) is 0 Å². The van der Waals surface area contributed by atoms with Gasteiger partial charge in [0.2, 0.25) is 0 Å². The standard InChI is InChI=1S/C18H10BrF2N3/c19-11-3-6-16(21)14(7-11)13-8-17(24-18(23)15(13)9-22)10-1-4-12(20)5-2-10/h1-8H,(H2,23,24). The maximum Gasteiger partial charge on any atom is 0.142 e. The maximum atomic E-state index is 14.2. The van der Waals surface area contributed by atoms with E-state index in [1.54, 1.807) is 30.3 Å². The van der Waals surface area contributed by atoms with Crippen molar-refractivity contribution in [3.05, 3.63) is 70.2 Å². The van der Waals surface area contributed by atoms with Crippen molar-refractivity contribution >= 4 is 21.7 Å². The number of nitrogens with zero attached hydrogens (tertiary/aromatic N) is 2. The molecule has 0 spiro atoms. The van der Waals surface area contributed by atoms with Crippen molar-refractivity contribution in [1.82, 2.24) is 4.98 Å². The van der Waals surface area contributed by atoms with Gasteiger partial charge in [0.25, 0.3) is 0 Å². The van der Waals surface area contributed by atoms with E-state index in [4.69, 9.17) is 5.73 Å². The van der Waals surface area contributed by atoms with Crippen molar-refractivity contribution in [2.24, 2.45) is 0 Å². The predicted octanol–water partition coefficient (Wildman–Crippen LogP) is 4.91. The third-order valence-electron chi connectivity index (χ3n) is 3.52. The lowest BCUT2D eigenvalue weighted by Crippen LogP contribution is -2.00. The first-order chi connectivity index (χ1) is 11.5. The first-order valence-corrected chi connectivity index (χ1v) is 7.71. The monoisotopic (exact) mass is 385 g/mol. The van der Waals surface area contributed by atoms with Crippen LogP contribution in [0.5, 0.6) is 0 Å². The number of nitriles is 1. The van der Waals surface area contributed by atoms with E-state index in [1.165, 1.54) is 18.2 Å². The molecule has 24 heavy (non-hydrogen) atoms. The van der Waals surface area contributed by atoms with E-state index < -0.39 is 5.82 Å². The SMILES string of the molecule is N#Cc1c(-c2cc(Br)ccc2F)cc(-c2ccc(F)cc2)nc1N. The average Bonchev–Trinajstić information content (AvgIpc) is 2.57. The molecule has 3 nitrogen and oxygen atoms in total. The van der Waals surface area contributed by atoms with E-state index in [0.29, 0.717) is 21.3 Å². The molecule has 118 valence electrons. The number of anilines is 1. The number of nitrogen functional groups attached to an aromatic ring is 1. The molecule has 0 bridgehead atoms. The summed E-state index contributed by atoms with van der Waals surface area (Å²) in [5.41, 5.74) is 7.60. The second-order valence-corrected chi connectivity index (χ2v) is 5.97. The third kappa shape index (κ3) is 2.99. The number of benzene rings is 2.